The predicted molar refractivity (Wildman–Crippen MR) is 109 cm³/mol. The lowest BCUT2D eigenvalue weighted by Crippen LogP contribution is -2.17. The third-order valence-corrected chi connectivity index (χ3v) is 5.48. The molecular formula is C22H22N6. The molecule has 3 heterocycles. The highest BCUT2D eigenvalue weighted by molar-refractivity contribution is 5.61. The Labute approximate surface area is 163 Å². The molecule has 1 saturated carbocycles. The van der Waals surface area contributed by atoms with Crippen LogP contribution in [-0.2, 0) is 0 Å². The van der Waals surface area contributed by atoms with E-state index in [2.05, 4.69) is 33.5 Å². The molecule has 0 amide bonds. The summed E-state index contributed by atoms with van der Waals surface area (Å²) in [6.45, 7) is 2.11. The molecule has 0 saturated heterocycles. The maximum atomic E-state index is 4.93. The van der Waals surface area contributed by atoms with Crippen molar-refractivity contribution >= 4 is 11.5 Å². The highest BCUT2D eigenvalue weighted by Gasteiger charge is 2.26. The maximum absolute atomic E-state index is 4.93. The van der Waals surface area contributed by atoms with E-state index in [0.29, 0.717) is 5.92 Å². The van der Waals surface area contributed by atoms with Crippen molar-refractivity contribution in [2.75, 3.05) is 5.32 Å². The molecule has 6 nitrogen and oxygen atoms in total. The van der Waals surface area contributed by atoms with Gasteiger partial charge >= 0.3 is 0 Å². The Kier molecular flexibility index (Phi) is 4.24. The lowest BCUT2D eigenvalue weighted by atomic mass is 9.80. The number of hydrogen-bond acceptors (Lipinski definition) is 5. The summed E-state index contributed by atoms with van der Waals surface area (Å²) in [5.74, 6) is 2.18. The van der Waals surface area contributed by atoms with Crippen molar-refractivity contribution in [1.82, 2.24) is 24.8 Å². The summed E-state index contributed by atoms with van der Waals surface area (Å²) in [7, 11) is 0. The average Bonchev–Trinajstić information content (AvgIpc) is 3.11. The highest BCUT2D eigenvalue weighted by Crippen LogP contribution is 2.40. The zero-order valence-electron chi connectivity index (χ0n) is 15.8. The van der Waals surface area contributed by atoms with Gasteiger partial charge in [0.2, 0.25) is 0 Å². The van der Waals surface area contributed by atoms with E-state index in [1.807, 2.05) is 59.2 Å². The lowest BCUT2D eigenvalue weighted by molar-refractivity contribution is 0.419. The maximum Gasteiger partial charge on any atom is 0.185 e. The number of pyridine rings is 1. The summed E-state index contributed by atoms with van der Waals surface area (Å²) >= 11 is 0. The molecule has 0 aliphatic heterocycles. The first kappa shape index (κ1) is 16.9. The molecule has 5 rings (SSSR count). The third-order valence-electron chi connectivity index (χ3n) is 5.48. The van der Waals surface area contributed by atoms with Gasteiger partial charge in [-0.05, 0) is 43.9 Å². The van der Waals surface area contributed by atoms with Gasteiger partial charge in [0.05, 0.1) is 11.7 Å². The quantitative estimate of drug-likeness (QED) is 0.555. The molecule has 0 spiro atoms. The molecule has 1 fully saturated rings. The molecule has 1 aliphatic rings. The molecule has 4 aromatic rings. The van der Waals surface area contributed by atoms with Crippen LogP contribution < -0.4 is 5.32 Å². The van der Waals surface area contributed by atoms with Crippen molar-refractivity contribution in [3.8, 4) is 11.4 Å². The Bertz CT molecular complexity index is 1090. The molecule has 1 atom stereocenters. The molecule has 0 bridgehead atoms. The van der Waals surface area contributed by atoms with Crippen LogP contribution in [0.25, 0.3) is 17.0 Å². The number of nitrogens with one attached hydrogen (secondary N) is 1. The number of anilines is 1. The lowest BCUT2D eigenvalue weighted by Gasteiger charge is -2.28. The van der Waals surface area contributed by atoms with Crippen molar-refractivity contribution < 1.29 is 0 Å². The molecule has 3 aromatic heterocycles. The van der Waals surface area contributed by atoms with Crippen LogP contribution >= 0.6 is 0 Å². The van der Waals surface area contributed by atoms with Gasteiger partial charge in [-0.2, -0.15) is 4.52 Å². The number of nitrogens with zero attached hydrogens (tertiary/aromatic N) is 5. The predicted octanol–water partition coefficient (Wildman–Crippen LogP) is 4.63. The fourth-order valence-electron chi connectivity index (χ4n) is 3.67. The first-order valence-corrected chi connectivity index (χ1v) is 9.79. The normalized spacial score (nSPS) is 15.3. The van der Waals surface area contributed by atoms with E-state index < -0.39 is 0 Å². The molecule has 6 heteroatoms. The Morgan fingerprint density at radius 1 is 1.04 bits per heavy atom. The van der Waals surface area contributed by atoms with Crippen LogP contribution in [0.4, 0.5) is 5.82 Å². The van der Waals surface area contributed by atoms with E-state index in [1.165, 1.54) is 24.8 Å². The van der Waals surface area contributed by atoms with Crippen LogP contribution in [0, 0.1) is 0 Å². The number of benzene rings is 1. The van der Waals surface area contributed by atoms with Crippen molar-refractivity contribution in [1.29, 1.82) is 0 Å². The van der Waals surface area contributed by atoms with Crippen LogP contribution in [-0.4, -0.2) is 24.8 Å². The zero-order valence-corrected chi connectivity index (χ0v) is 15.8. The Morgan fingerprint density at radius 2 is 1.86 bits per heavy atom. The largest absolute Gasteiger partial charge is 0.360 e. The Balaban J connectivity index is 1.59. The summed E-state index contributed by atoms with van der Waals surface area (Å²) in [4.78, 5) is 4.48. The summed E-state index contributed by atoms with van der Waals surface area (Å²) in [6.07, 6.45) is 5.49. The second kappa shape index (κ2) is 7.03. The van der Waals surface area contributed by atoms with Gasteiger partial charge in [0, 0.05) is 17.3 Å². The van der Waals surface area contributed by atoms with E-state index in [9.17, 15) is 0 Å². The molecule has 1 aliphatic carbocycles. The van der Waals surface area contributed by atoms with Crippen molar-refractivity contribution in [2.24, 2.45) is 0 Å². The third kappa shape index (κ3) is 3.01. The van der Waals surface area contributed by atoms with E-state index >= 15 is 0 Å². The SMILES string of the molecule is CC(Nc1nn2c(-c3ccccc3)nnc2cc1C1CCC1)c1ccccn1. The van der Waals surface area contributed by atoms with Crippen molar-refractivity contribution in [3.63, 3.8) is 0 Å². The molecule has 1 aromatic carbocycles. The molecular weight excluding hydrogens is 348 g/mol. The van der Waals surface area contributed by atoms with Gasteiger partial charge in [0.1, 0.15) is 0 Å². The number of hydrogen-bond donors (Lipinski definition) is 1. The van der Waals surface area contributed by atoms with E-state index in [0.717, 1.165) is 28.5 Å². The average molecular weight is 370 g/mol. The van der Waals surface area contributed by atoms with Crippen LogP contribution in [0.15, 0.2) is 60.8 Å². The molecule has 140 valence electrons. The fourth-order valence-corrected chi connectivity index (χ4v) is 3.67. The minimum Gasteiger partial charge on any atom is -0.360 e. The summed E-state index contributed by atoms with van der Waals surface area (Å²) in [5.41, 5.74) is 4.02. The minimum absolute atomic E-state index is 0.0571. The van der Waals surface area contributed by atoms with E-state index in [-0.39, 0.29) is 6.04 Å². The van der Waals surface area contributed by atoms with Crippen molar-refractivity contribution in [3.05, 3.63) is 72.1 Å². The standard InChI is InChI=1S/C22H22N6/c1-15(19-12-5-6-13-23-19)24-21-18(16-10-7-11-16)14-20-25-26-22(28(20)27-21)17-8-3-2-4-9-17/h2-6,8-9,12-16H,7,10-11H2,1H3,(H,24,27). The van der Waals surface area contributed by atoms with Gasteiger partial charge in [0.15, 0.2) is 17.3 Å². The fraction of sp³-hybridized carbons (Fsp3) is 0.273. The van der Waals surface area contributed by atoms with Crippen LogP contribution in [0.1, 0.15) is 49.4 Å². The van der Waals surface area contributed by atoms with Gasteiger partial charge in [-0.3, -0.25) is 4.98 Å². The van der Waals surface area contributed by atoms with Crippen LogP contribution in [0.2, 0.25) is 0 Å². The number of fused-ring (bicyclic) bond motifs is 1. The van der Waals surface area contributed by atoms with Crippen LogP contribution in [0.5, 0.6) is 0 Å². The first-order chi connectivity index (χ1) is 13.8. The van der Waals surface area contributed by atoms with Crippen LogP contribution in [0.3, 0.4) is 0 Å². The zero-order chi connectivity index (χ0) is 18.9. The van der Waals surface area contributed by atoms with Gasteiger partial charge in [0.25, 0.3) is 0 Å². The highest BCUT2D eigenvalue weighted by atomic mass is 15.4. The second-order valence-electron chi connectivity index (χ2n) is 7.36. The molecule has 1 N–H and O–H groups in total. The Hall–Kier alpha value is -3.28. The summed E-state index contributed by atoms with van der Waals surface area (Å²) in [5, 5.41) is 17.3. The molecule has 28 heavy (non-hydrogen) atoms. The van der Waals surface area contributed by atoms with E-state index in [4.69, 9.17) is 5.10 Å². The van der Waals surface area contributed by atoms with Gasteiger partial charge in [-0.25, -0.2) is 0 Å². The summed E-state index contributed by atoms with van der Waals surface area (Å²) < 4.78 is 1.84. The van der Waals surface area contributed by atoms with Crippen molar-refractivity contribution in [2.45, 2.75) is 38.1 Å². The number of aromatic nitrogens is 5. The smallest absolute Gasteiger partial charge is 0.185 e. The Morgan fingerprint density at radius 3 is 2.57 bits per heavy atom. The minimum atomic E-state index is 0.0571. The van der Waals surface area contributed by atoms with Gasteiger partial charge in [-0.1, -0.05) is 42.8 Å². The first-order valence-electron chi connectivity index (χ1n) is 9.79. The number of rotatable bonds is 5. The topological polar surface area (TPSA) is 68.0 Å². The monoisotopic (exact) mass is 370 g/mol. The second-order valence-corrected chi connectivity index (χ2v) is 7.36. The van der Waals surface area contributed by atoms with E-state index in [1.54, 1.807) is 0 Å². The summed E-state index contributed by atoms with van der Waals surface area (Å²) in [6, 6.07) is 18.2. The molecule has 0 radical (unpaired) electrons. The molecule has 1 unspecified atom stereocenters. The van der Waals surface area contributed by atoms with Gasteiger partial charge < -0.3 is 5.32 Å². The van der Waals surface area contributed by atoms with Gasteiger partial charge in [-0.15, -0.1) is 15.3 Å².